The number of hydrogen-bond acceptors (Lipinski definition) is 3. The van der Waals surface area contributed by atoms with Crippen LogP contribution >= 0.6 is 12.2 Å². The second kappa shape index (κ2) is 8.08. The number of carbonyl (C=O) groups is 2. The van der Waals surface area contributed by atoms with Crippen LogP contribution in [0.5, 0.6) is 0 Å². The lowest BCUT2D eigenvalue weighted by molar-refractivity contribution is -0.122. The molecule has 0 aliphatic carbocycles. The Labute approximate surface area is 180 Å². The van der Waals surface area contributed by atoms with Gasteiger partial charge in [0.25, 0.3) is 11.8 Å². The molecule has 2 aromatic carbocycles. The molecule has 1 saturated heterocycles. The molecule has 0 spiro atoms. The minimum Gasteiger partial charge on any atom is -0.321 e. The third-order valence-corrected chi connectivity index (χ3v) is 5.38. The molecule has 6 heteroatoms. The van der Waals surface area contributed by atoms with Crippen molar-refractivity contribution < 1.29 is 9.59 Å². The third kappa shape index (κ3) is 3.57. The molecule has 2 heterocycles. The highest BCUT2D eigenvalue weighted by molar-refractivity contribution is 7.80. The van der Waals surface area contributed by atoms with Crippen molar-refractivity contribution in [2.45, 2.75) is 20.3 Å². The second-order valence-electron chi connectivity index (χ2n) is 7.06. The Morgan fingerprint density at radius 3 is 2.47 bits per heavy atom. The van der Waals surface area contributed by atoms with Crippen LogP contribution in [0.3, 0.4) is 0 Å². The van der Waals surface area contributed by atoms with E-state index >= 15 is 0 Å². The summed E-state index contributed by atoms with van der Waals surface area (Å²) < 4.78 is 2.02. The number of thiocarbonyl (C=S) groups is 1. The van der Waals surface area contributed by atoms with E-state index in [1.807, 2.05) is 85.3 Å². The first-order valence-electron chi connectivity index (χ1n) is 9.73. The van der Waals surface area contributed by atoms with E-state index in [2.05, 4.69) is 5.32 Å². The van der Waals surface area contributed by atoms with Gasteiger partial charge in [-0.3, -0.25) is 19.8 Å². The van der Waals surface area contributed by atoms with E-state index in [9.17, 15) is 9.59 Å². The van der Waals surface area contributed by atoms with Gasteiger partial charge in [0, 0.05) is 17.6 Å². The minimum atomic E-state index is -0.486. The van der Waals surface area contributed by atoms with E-state index in [-0.39, 0.29) is 10.7 Å². The number of nitrogens with zero attached hydrogens (tertiary/aromatic N) is 2. The predicted octanol–water partition coefficient (Wildman–Crippen LogP) is 4.18. The quantitative estimate of drug-likeness (QED) is 0.395. The molecule has 3 aromatic rings. The van der Waals surface area contributed by atoms with Crippen LogP contribution in [0.25, 0.3) is 11.8 Å². The fraction of sp³-hybridized carbons (Fsp3) is 0.125. The largest absolute Gasteiger partial charge is 0.321 e. The van der Waals surface area contributed by atoms with Gasteiger partial charge >= 0.3 is 0 Å². The summed E-state index contributed by atoms with van der Waals surface area (Å²) in [5, 5.41) is 2.75. The molecule has 2 amide bonds. The molecule has 1 fully saturated rings. The fourth-order valence-electron chi connectivity index (χ4n) is 3.62. The zero-order chi connectivity index (χ0) is 21.3. The Hall–Kier alpha value is -3.51. The van der Waals surface area contributed by atoms with Crippen LogP contribution in [0.15, 0.2) is 72.4 Å². The van der Waals surface area contributed by atoms with Crippen LogP contribution in [-0.4, -0.2) is 21.5 Å². The maximum absolute atomic E-state index is 13.3. The third-order valence-electron chi connectivity index (χ3n) is 5.09. The maximum atomic E-state index is 13.3. The number of para-hydroxylation sites is 2. The topological polar surface area (TPSA) is 54.3 Å². The van der Waals surface area contributed by atoms with Gasteiger partial charge in [-0.15, -0.1) is 0 Å². The molecule has 0 saturated carbocycles. The number of amides is 2. The van der Waals surface area contributed by atoms with Gasteiger partial charge in [-0.2, -0.15) is 0 Å². The molecule has 0 bridgehead atoms. The SMILES string of the molecule is CCc1ccccc1N1C(=O)/C(=C\c2cc(C)n(-c3ccccc3)c2)C(=O)NC1=S. The molecular weight excluding hydrogens is 394 g/mol. The van der Waals surface area contributed by atoms with Crippen molar-refractivity contribution >= 4 is 40.9 Å². The van der Waals surface area contributed by atoms with Crippen LogP contribution in [0.4, 0.5) is 5.69 Å². The van der Waals surface area contributed by atoms with E-state index in [1.165, 1.54) is 4.90 Å². The highest BCUT2D eigenvalue weighted by atomic mass is 32.1. The Kier molecular flexibility index (Phi) is 5.33. The first-order chi connectivity index (χ1) is 14.5. The summed E-state index contributed by atoms with van der Waals surface area (Å²) in [5.74, 6) is -0.907. The highest BCUT2D eigenvalue weighted by Crippen LogP contribution is 2.26. The summed E-state index contributed by atoms with van der Waals surface area (Å²) in [4.78, 5) is 27.3. The summed E-state index contributed by atoms with van der Waals surface area (Å²) in [7, 11) is 0. The Balaban J connectivity index is 1.74. The Bertz CT molecular complexity index is 1180. The molecule has 0 unspecified atom stereocenters. The van der Waals surface area contributed by atoms with Gasteiger partial charge in [-0.25, -0.2) is 0 Å². The van der Waals surface area contributed by atoms with E-state index < -0.39 is 11.8 Å². The van der Waals surface area contributed by atoms with Crippen LogP contribution in [0.2, 0.25) is 0 Å². The molecule has 150 valence electrons. The molecule has 0 radical (unpaired) electrons. The van der Waals surface area contributed by atoms with Crippen molar-refractivity contribution in [3.05, 3.63) is 89.3 Å². The molecule has 1 aliphatic heterocycles. The van der Waals surface area contributed by atoms with E-state index in [4.69, 9.17) is 12.2 Å². The predicted molar refractivity (Wildman–Crippen MR) is 123 cm³/mol. The number of carbonyl (C=O) groups excluding carboxylic acids is 2. The van der Waals surface area contributed by atoms with E-state index in [1.54, 1.807) is 6.08 Å². The minimum absolute atomic E-state index is 0.0553. The van der Waals surface area contributed by atoms with Crippen molar-refractivity contribution in [3.63, 3.8) is 0 Å². The smallest absolute Gasteiger partial charge is 0.270 e. The first kappa shape index (κ1) is 19.8. The standard InChI is InChI=1S/C24H21N3O2S/c1-3-18-9-7-8-12-21(18)27-23(29)20(22(28)25-24(27)30)14-17-13-16(2)26(15-17)19-10-5-4-6-11-19/h4-15H,3H2,1-2H3,(H,25,28,30)/b20-14-. The average molecular weight is 416 g/mol. The zero-order valence-electron chi connectivity index (χ0n) is 16.8. The van der Waals surface area contributed by atoms with Crippen molar-refractivity contribution in [1.82, 2.24) is 9.88 Å². The fourth-order valence-corrected chi connectivity index (χ4v) is 3.89. The summed E-state index contributed by atoms with van der Waals surface area (Å²) in [6.45, 7) is 4.00. The van der Waals surface area contributed by atoms with Crippen LogP contribution < -0.4 is 10.2 Å². The summed E-state index contributed by atoms with van der Waals surface area (Å²) in [6.07, 6.45) is 4.28. The van der Waals surface area contributed by atoms with Gasteiger partial charge in [-0.1, -0.05) is 43.3 Å². The summed E-state index contributed by atoms with van der Waals surface area (Å²) >= 11 is 5.32. The van der Waals surface area contributed by atoms with Crippen LogP contribution in [0.1, 0.15) is 23.7 Å². The highest BCUT2D eigenvalue weighted by Gasteiger charge is 2.35. The monoisotopic (exact) mass is 415 g/mol. The number of aromatic nitrogens is 1. The number of hydrogen-bond donors (Lipinski definition) is 1. The lowest BCUT2D eigenvalue weighted by Crippen LogP contribution is -2.54. The molecule has 1 aliphatic rings. The molecule has 0 atom stereocenters. The molecule has 1 N–H and O–H groups in total. The van der Waals surface area contributed by atoms with Crippen molar-refractivity contribution in [3.8, 4) is 5.69 Å². The van der Waals surface area contributed by atoms with Gasteiger partial charge in [0.05, 0.1) is 5.69 Å². The molecule has 30 heavy (non-hydrogen) atoms. The molecule has 4 rings (SSSR count). The molecule has 5 nitrogen and oxygen atoms in total. The number of nitrogens with one attached hydrogen (secondary N) is 1. The summed E-state index contributed by atoms with van der Waals surface area (Å²) in [6, 6.07) is 19.4. The maximum Gasteiger partial charge on any atom is 0.270 e. The normalized spacial score (nSPS) is 15.6. The van der Waals surface area contributed by atoms with Crippen LogP contribution in [-0.2, 0) is 16.0 Å². The van der Waals surface area contributed by atoms with Crippen molar-refractivity contribution in [1.29, 1.82) is 0 Å². The second-order valence-corrected chi connectivity index (χ2v) is 7.45. The lowest BCUT2D eigenvalue weighted by atomic mass is 10.1. The number of rotatable bonds is 4. The zero-order valence-corrected chi connectivity index (χ0v) is 17.6. The Morgan fingerprint density at radius 2 is 1.73 bits per heavy atom. The van der Waals surface area contributed by atoms with Crippen LogP contribution in [0, 0.1) is 6.92 Å². The summed E-state index contributed by atoms with van der Waals surface area (Å²) in [5.41, 5.74) is 4.51. The van der Waals surface area contributed by atoms with Gasteiger partial charge < -0.3 is 4.57 Å². The molecular formula is C24H21N3O2S. The number of benzene rings is 2. The lowest BCUT2D eigenvalue weighted by Gasteiger charge is -2.30. The Morgan fingerprint density at radius 1 is 1.03 bits per heavy atom. The first-order valence-corrected chi connectivity index (χ1v) is 10.1. The van der Waals surface area contributed by atoms with Gasteiger partial charge in [0.2, 0.25) is 0 Å². The number of aryl methyl sites for hydroxylation is 2. The van der Waals surface area contributed by atoms with Crippen molar-refractivity contribution in [2.24, 2.45) is 0 Å². The molecule has 1 aromatic heterocycles. The van der Waals surface area contributed by atoms with Gasteiger partial charge in [0.15, 0.2) is 5.11 Å². The van der Waals surface area contributed by atoms with Crippen molar-refractivity contribution in [2.75, 3.05) is 4.90 Å². The van der Waals surface area contributed by atoms with E-state index in [0.29, 0.717) is 5.69 Å². The van der Waals surface area contributed by atoms with E-state index in [0.717, 1.165) is 28.9 Å². The number of anilines is 1. The van der Waals surface area contributed by atoms with Gasteiger partial charge in [0.1, 0.15) is 5.57 Å². The average Bonchev–Trinajstić information content (AvgIpc) is 3.12. The van der Waals surface area contributed by atoms with Gasteiger partial charge in [-0.05, 0) is 67.0 Å².